The monoisotopic (exact) mass is 276 g/mol. The predicted molar refractivity (Wildman–Crippen MR) is 83.8 cm³/mol. The van der Waals surface area contributed by atoms with E-state index >= 15 is 0 Å². The van der Waals surface area contributed by atoms with Crippen LogP contribution in [-0.4, -0.2) is 42.7 Å². The minimum atomic E-state index is -0.798. The van der Waals surface area contributed by atoms with E-state index in [2.05, 4.69) is 17.3 Å². The molecule has 2 N–H and O–H groups in total. The van der Waals surface area contributed by atoms with Crippen LogP contribution in [0.3, 0.4) is 0 Å². The number of hydrogen-bond donors (Lipinski definition) is 2. The van der Waals surface area contributed by atoms with Gasteiger partial charge in [-0.25, -0.2) is 0 Å². The summed E-state index contributed by atoms with van der Waals surface area (Å²) in [4.78, 5) is 2.46. The Morgan fingerprint density at radius 3 is 2.55 bits per heavy atom. The van der Waals surface area contributed by atoms with Crippen LogP contribution in [0.15, 0.2) is 30.3 Å². The van der Waals surface area contributed by atoms with Crippen LogP contribution in [0.5, 0.6) is 0 Å². The summed E-state index contributed by atoms with van der Waals surface area (Å²) in [6.45, 7) is 4.44. The van der Waals surface area contributed by atoms with Gasteiger partial charge in [0.25, 0.3) is 0 Å². The molecule has 1 saturated carbocycles. The van der Waals surface area contributed by atoms with E-state index < -0.39 is 5.60 Å². The van der Waals surface area contributed by atoms with Crippen LogP contribution in [0, 0.1) is 0 Å². The molecule has 0 aliphatic heterocycles. The van der Waals surface area contributed by atoms with Gasteiger partial charge in [0.2, 0.25) is 0 Å². The molecule has 0 amide bonds. The van der Waals surface area contributed by atoms with Crippen molar-refractivity contribution in [3.05, 3.63) is 35.9 Å². The molecule has 20 heavy (non-hydrogen) atoms. The van der Waals surface area contributed by atoms with Crippen LogP contribution in [0.25, 0.3) is 0 Å². The van der Waals surface area contributed by atoms with E-state index in [9.17, 15) is 5.11 Å². The van der Waals surface area contributed by atoms with Crippen molar-refractivity contribution in [3.63, 3.8) is 0 Å². The average molecular weight is 276 g/mol. The number of hydrogen-bond acceptors (Lipinski definition) is 3. The van der Waals surface area contributed by atoms with Crippen LogP contribution >= 0.6 is 0 Å². The second-order valence-electron chi connectivity index (χ2n) is 6.24. The SMILES string of the molecule is CN(CCNCC(C)(O)c1ccccc1)C1CCCC1. The fourth-order valence-electron chi connectivity index (χ4n) is 3.01. The van der Waals surface area contributed by atoms with Gasteiger partial charge in [-0.1, -0.05) is 43.2 Å². The first kappa shape index (κ1) is 15.5. The number of rotatable bonds is 7. The Kier molecular flexibility index (Phi) is 5.58. The normalized spacial score (nSPS) is 19.4. The Morgan fingerprint density at radius 2 is 1.90 bits per heavy atom. The van der Waals surface area contributed by atoms with E-state index in [0.29, 0.717) is 6.54 Å². The molecule has 0 spiro atoms. The molecule has 1 aliphatic rings. The van der Waals surface area contributed by atoms with Gasteiger partial charge in [0, 0.05) is 25.7 Å². The fourth-order valence-corrected chi connectivity index (χ4v) is 3.01. The summed E-state index contributed by atoms with van der Waals surface area (Å²) in [5, 5.41) is 13.9. The quantitative estimate of drug-likeness (QED) is 0.751. The summed E-state index contributed by atoms with van der Waals surface area (Å²) in [5.41, 5.74) is 0.171. The molecule has 0 bridgehead atoms. The maximum Gasteiger partial charge on any atom is 0.0992 e. The number of benzene rings is 1. The van der Waals surface area contributed by atoms with Crippen molar-refractivity contribution in [2.45, 2.75) is 44.2 Å². The Labute approximate surface area is 123 Å². The molecule has 1 aromatic rings. The first-order valence-corrected chi connectivity index (χ1v) is 7.78. The molecular formula is C17H28N2O. The third-order valence-electron chi connectivity index (χ3n) is 4.45. The summed E-state index contributed by atoms with van der Waals surface area (Å²) in [6.07, 6.45) is 5.45. The van der Waals surface area contributed by atoms with E-state index in [1.54, 1.807) is 0 Å². The van der Waals surface area contributed by atoms with Crippen LogP contribution in [0.2, 0.25) is 0 Å². The molecule has 0 radical (unpaired) electrons. The lowest BCUT2D eigenvalue weighted by molar-refractivity contribution is 0.0562. The number of nitrogens with one attached hydrogen (secondary N) is 1. The van der Waals surface area contributed by atoms with Gasteiger partial charge >= 0.3 is 0 Å². The lowest BCUT2D eigenvalue weighted by Gasteiger charge is -2.27. The summed E-state index contributed by atoms with van der Waals surface area (Å²) >= 11 is 0. The first-order valence-electron chi connectivity index (χ1n) is 7.78. The highest BCUT2D eigenvalue weighted by Crippen LogP contribution is 2.22. The van der Waals surface area contributed by atoms with Crippen LogP contribution in [0.4, 0.5) is 0 Å². The van der Waals surface area contributed by atoms with E-state index in [-0.39, 0.29) is 0 Å². The molecule has 1 unspecified atom stereocenters. The van der Waals surface area contributed by atoms with E-state index in [4.69, 9.17) is 0 Å². The molecule has 0 heterocycles. The number of aliphatic hydroxyl groups is 1. The lowest BCUT2D eigenvalue weighted by atomic mass is 9.96. The summed E-state index contributed by atoms with van der Waals surface area (Å²) in [5.74, 6) is 0. The highest BCUT2D eigenvalue weighted by atomic mass is 16.3. The van der Waals surface area contributed by atoms with Crippen molar-refractivity contribution in [1.29, 1.82) is 0 Å². The molecule has 1 atom stereocenters. The third-order valence-corrected chi connectivity index (χ3v) is 4.45. The van der Waals surface area contributed by atoms with Gasteiger partial charge in [0.15, 0.2) is 0 Å². The van der Waals surface area contributed by atoms with Crippen molar-refractivity contribution in [2.75, 3.05) is 26.7 Å². The van der Waals surface area contributed by atoms with Crippen molar-refractivity contribution in [1.82, 2.24) is 10.2 Å². The molecular weight excluding hydrogens is 248 g/mol. The molecule has 3 nitrogen and oxygen atoms in total. The topological polar surface area (TPSA) is 35.5 Å². The molecule has 1 fully saturated rings. The van der Waals surface area contributed by atoms with Gasteiger partial charge in [-0.3, -0.25) is 0 Å². The fraction of sp³-hybridized carbons (Fsp3) is 0.647. The maximum absolute atomic E-state index is 10.5. The Bertz CT molecular complexity index is 385. The van der Waals surface area contributed by atoms with Gasteiger partial charge in [-0.05, 0) is 32.4 Å². The molecule has 1 aliphatic carbocycles. The lowest BCUT2D eigenvalue weighted by Crippen LogP contribution is -2.40. The van der Waals surface area contributed by atoms with Crippen molar-refractivity contribution in [2.24, 2.45) is 0 Å². The summed E-state index contributed by atoms with van der Waals surface area (Å²) in [7, 11) is 2.22. The molecule has 112 valence electrons. The van der Waals surface area contributed by atoms with Gasteiger partial charge < -0.3 is 15.3 Å². The Hall–Kier alpha value is -0.900. The van der Waals surface area contributed by atoms with Crippen LogP contribution in [0.1, 0.15) is 38.2 Å². The van der Waals surface area contributed by atoms with E-state index in [0.717, 1.165) is 24.7 Å². The van der Waals surface area contributed by atoms with Gasteiger partial charge in [0.05, 0.1) is 5.60 Å². The second-order valence-corrected chi connectivity index (χ2v) is 6.24. The predicted octanol–water partition coefficient (Wildman–Crippen LogP) is 2.36. The Morgan fingerprint density at radius 1 is 1.25 bits per heavy atom. The Balaban J connectivity index is 1.70. The smallest absolute Gasteiger partial charge is 0.0992 e. The maximum atomic E-state index is 10.5. The second kappa shape index (κ2) is 7.21. The highest BCUT2D eigenvalue weighted by molar-refractivity contribution is 5.21. The zero-order valence-corrected chi connectivity index (χ0v) is 12.8. The largest absolute Gasteiger partial charge is 0.384 e. The summed E-state index contributed by atoms with van der Waals surface area (Å²) < 4.78 is 0. The van der Waals surface area contributed by atoms with Gasteiger partial charge in [-0.15, -0.1) is 0 Å². The number of likely N-dealkylation sites (N-methyl/N-ethyl adjacent to an activating group) is 1. The van der Waals surface area contributed by atoms with Gasteiger partial charge in [-0.2, -0.15) is 0 Å². The number of nitrogens with zero attached hydrogens (tertiary/aromatic N) is 1. The van der Waals surface area contributed by atoms with Crippen molar-refractivity contribution < 1.29 is 5.11 Å². The first-order chi connectivity index (χ1) is 9.59. The van der Waals surface area contributed by atoms with Crippen molar-refractivity contribution >= 4 is 0 Å². The van der Waals surface area contributed by atoms with E-state index in [1.165, 1.54) is 25.7 Å². The zero-order chi connectivity index (χ0) is 14.4. The molecule has 3 heteroatoms. The molecule has 1 aromatic carbocycles. The molecule has 0 aromatic heterocycles. The third kappa shape index (κ3) is 4.30. The zero-order valence-electron chi connectivity index (χ0n) is 12.8. The van der Waals surface area contributed by atoms with Crippen LogP contribution < -0.4 is 5.32 Å². The minimum Gasteiger partial charge on any atom is -0.384 e. The van der Waals surface area contributed by atoms with E-state index in [1.807, 2.05) is 37.3 Å². The molecule has 2 rings (SSSR count). The molecule has 0 saturated heterocycles. The minimum absolute atomic E-state index is 0.593. The van der Waals surface area contributed by atoms with Crippen LogP contribution in [-0.2, 0) is 5.60 Å². The van der Waals surface area contributed by atoms with Gasteiger partial charge in [0.1, 0.15) is 0 Å². The van der Waals surface area contributed by atoms with Crippen molar-refractivity contribution in [3.8, 4) is 0 Å². The average Bonchev–Trinajstić information content (AvgIpc) is 2.98. The summed E-state index contributed by atoms with van der Waals surface area (Å²) in [6, 6.07) is 10.6. The highest BCUT2D eigenvalue weighted by Gasteiger charge is 2.22. The standard InChI is InChI=1S/C17H28N2O/c1-17(20,15-8-4-3-5-9-15)14-18-12-13-19(2)16-10-6-7-11-16/h3-5,8-9,16,18,20H,6-7,10-14H2,1-2H3.